The summed E-state index contributed by atoms with van der Waals surface area (Å²) in [6.45, 7) is -1.97. The summed E-state index contributed by atoms with van der Waals surface area (Å²) < 4.78 is 64.9. The van der Waals surface area contributed by atoms with Gasteiger partial charge in [-0.25, -0.2) is 0 Å². The first-order chi connectivity index (χ1) is 8.00. The molecule has 0 spiro atoms. The van der Waals surface area contributed by atoms with Gasteiger partial charge in [0.2, 0.25) is 0 Å². The van der Waals surface area contributed by atoms with Crippen molar-refractivity contribution in [2.45, 2.75) is 12.1 Å². The molecule has 0 heterocycles. The summed E-state index contributed by atoms with van der Waals surface area (Å²) in [5.74, 6) is -9.51. The highest BCUT2D eigenvalue weighted by Gasteiger charge is 2.64. The van der Waals surface area contributed by atoms with Crippen LogP contribution in [0.4, 0.5) is 22.0 Å². The molecule has 0 saturated carbocycles. The largest absolute Gasteiger partial charge is 0.548 e. The van der Waals surface area contributed by atoms with Crippen LogP contribution in [0.5, 0.6) is 0 Å². The molecule has 0 radical (unpaired) electrons. The zero-order valence-electron chi connectivity index (χ0n) is 9.09. The predicted octanol–water partition coefficient (Wildman–Crippen LogP) is -0.591. The van der Waals surface area contributed by atoms with E-state index in [0.29, 0.717) is 7.05 Å². The highest BCUT2D eigenvalue weighted by molar-refractivity contribution is 5.84. The van der Waals surface area contributed by atoms with Crippen molar-refractivity contribution in [1.82, 2.24) is 4.90 Å². The standard InChI is InChI=1S/C8H10F5NO4/c1-14(2-3-18-4-5(15)16)6(17)7(9,10)8(11,12)13/h2-4H2,1H3,(H,15,16)/p-1. The summed E-state index contributed by atoms with van der Waals surface area (Å²) in [4.78, 5) is 20.8. The van der Waals surface area contributed by atoms with E-state index in [4.69, 9.17) is 0 Å². The molecule has 0 aliphatic heterocycles. The maximum absolute atomic E-state index is 12.6. The van der Waals surface area contributed by atoms with E-state index in [1.54, 1.807) is 0 Å². The fourth-order valence-electron chi connectivity index (χ4n) is 0.819. The molecule has 0 aromatic rings. The van der Waals surface area contributed by atoms with Gasteiger partial charge < -0.3 is 19.5 Å². The van der Waals surface area contributed by atoms with E-state index in [1.807, 2.05) is 0 Å². The molecule has 0 aromatic carbocycles. The Bertz CT molecular complexity index is 317. The molecule has 5 nitrogen and oxygen atoms in total. The Morgan fingerprint density at radius 1 is 1.22 bits per heavy atom. The van der Waals surface area contributed by atoms with Gasteiger partial charge in [-0.2, -0.15) is 22.0 Å². The summed E-state index contributed by atoms with van der Waals surface area (Å²) in [6, 6.07) is 0. The first-order valence-electron chi connectivity index (χ1n) is 4.48. The van der Waals surface area contributed by atoms with Gasteiger partial charge in [-0.3, -0.25) is 4.79 Å². The van der Waals surface area contributed by atoms with E-state index in [9.17, 15) is 36.6 Å². The summed E-state index contributed by atoms with van der Waals surface area (Å²) in [5, 5.41) is 9.88. The maximum Gasteiger partial charge on any atom is 0.463 e. The molecule has 0 N–H and O–H groups in total. The number of amides is 1. The lowest BCUT2D eigenvalue weighted by molar-refractivity contribution is -0.309. The molecule has 1 amide bonds. The molecular weight excluding hydrogens is 269 g/mol. The van der Waals surface area contributed by atoms with Crippen LogP contribution in [0.3, 0.4) is 0 Å². The minimum Gasteiger partial charge on any atom is -0.548 e. The van der Waals surface area contributed by atoms with Crippen molar-refractivity contribution in [3.63, 3.8) is 0 Å². The van der Waals surface area contributed by atoms with Crippen molar-refractivity contribution in [3.8, 4) is 0 Å². The molecular formula is C8H9F5NO4-. The predicted molar refractivity (Wildman–Crippen MR) is 44.5 cm³/mol. The van der Waals surface area contributed by atoms with Gasteiger partial charge in [0.25, 0.3) is 0 Å². The number of carboxylic acid groups (broad SMARTS) is 1. The van der Waals surface area contributed by atoms with E-state index < -0.39 is 43.7 Å². The minimum absolute atomic E-state index is 0.1000. The van der Waals surface area contributed by atoms with E-state index in [1.165, 1.54) is 0 Å². The van der Waals surface area contributed by atoms with Crippen LogP contribution in [0.15, 0.2) is 0 Å². The quantitative estimate of drug-likeness (QED) is 0.481. The van der Waals surface area contributed by atoms with Crippen LogP contribution in [-0.4, -0.2) is 55.7 Å². The molecule has 0 aromatic heterocycles. The fourth-order valence-corrected chi connectivity index (χ4v) is 0.819. The van der Waals surface area contributed by atoms with Gasteiger partial charge in [0.1, 0.15) is 0 Å². The number of hydrogen-bond acceptors (Lipinski definition) is 4. The Labute approximate surface area is 98.1 Å². The van der Waals surface area contributed by atoms with Gasteiger partial charge in [0.05, 0.1) is 19.2 Å². The van der Waals surface area contributed by atoms with Crippen LogP contribution in [0.25, 0.3) is 0 Å². The molecule has 106 valence electrons. The molecule has 0 bridgehead atoms. The lowest BCUT2D eigenvalue weighted by Gasteiger charge is -2.24. The van der Waals surface area contributed by atoms with E-state index in [-0.39, 0.29) is 4.90 Å². The first-order valence-corrected chi connectivity index (χ1v) is 4.48. The van der Waals surface area contributed by atoms with Crippen LogP contribution in [-0.2, 0) is 14.3 Å². The molecule has 0 aliphatic carbocycles. The normalized spacial score (nSPS) is 12.3. The number of carbonyl (C=O) groups is 2. The number of carbonyl (C=O) groups excluding carboxylic acids is 2. The Balaban J connectivity index is 4.31. The summed E-state index contributed by atoms with van der Waals surface area (Å²) in [5.41, 5.74) is 0. The van der Waals surface area contributed by atoms with E-state index >= 15 is 0 Å². The number of alkyl halides is 5. The van der Waals surface area contributed by atoms with Gasteiger partial charge in [-0.05, 0) is 0 Å². The van der Waals surface area contributed by atoms with Gasteiger partial charge in [-0.15, -0.1) is 0 Å². The number of halogens is 5. The van der Waals surface area contributed by atoms with E-state index in [0.717, 1.165) is 0 Å². The van der Waals surface area contributed by atoms with Crippen molar-refractivity contribution in [1.29, 1.82) is 0 Å². The number of rotatable bonds is 6. The summed E-state index contributed by atoms with van der Waals surface area (Å²) in [6.07, 6.45) is -5.98. The Morgan fingerprint density at radius 2 is 1.72 bits per heavy atom. The molecule has 0 atom stereocenters. The second kappa shape index (κ2) is 5.94. The molecule has 0 saturated heterocycles. The fraction of sp³-hybridized carbons (Fsp3) is 0.750. The van der Waals surface area contributed by atoms with Crippen LogP contribution >= 0.6 is 0 Å². The number of likely N-dealkylation sites (N-methyl/N-ethyl adjacent to an activating group) is 1. The zero-order valence-corrected chi connectivity index (χ0v) is 9.09. The molecule has 10 heteroatoms. The third-order valence-electron chi connectivity index (χ3n) is 1.76. The van der Waals surface area contributed by atoms with Crippen LogP contribution < -0.4 is 5.11 Å². The average Bonchev–Trinajstić information content (AvgIpc) is 2.21. The van der Waals surface area contributed by atoms with Gasteiger partial charge in [0.15, 0.2) is 0 Å². The van der Waals surface area contributed by atoms with E-state index in [2.05, 4.69) is 4.74 Å². The highest BCUT2D eigenvalue weighted by atomic mass is 19.4. The van der Waals surface area contributed by atoms with Crippen LogP contribution in [0.2, 0.25) is 0 Å². The average molecular weight is 278 g/mol. The molecule has 0 rings (SSSR count). The number of carboxylic acids is 1. The Hall–Kier alpha value is -1.45. The summed E-state index contributed by atoms with van der Waals surface area (Å²) >= 11 is 0. The Morgan fingerprint density at radius 3 is 2.11 bits per heavy atom. The van der Waals surface area contributed by atoms with Gasteiger partial charge in [-0.1, -0.05) is 0 Å². The number of ether oxygens (including phenoxy) is 1. The minimum atomic E-state index is -5.98. The van der Waals surface area contributed by atoms with Crippen LogP contribution in [0.1, 0.15) is 0 Å². The third kappa shape index (κ3) is 4.43. The maximum atomic E-state index is 12.6. The topological polar surface area (TPSA) is 69.7 Å². The second-order valence-corrected chi connectivity index (χ2v) is 3.22. The molecule has 0 fully saturated rings. The van der Waals surface area contributed by atoms with Crippen molar-refractivity contribution >= 4 is 11.9 Å². The Kier molecular flexibility index (Phi) is 5.46. The first kappa shape index (κ1) is 16.6. The second-order valence-electron chi connectivity index (χ2n) is 3.22. The number of hydrogen-bond donors (Lipinski definition) is 0. The molecule has 0 unspecified atom stereocenters. The van der Waals surface area contributed by atoms with Crippen molar-refractivity contribution in [2.75, 3.05) is 26.8 Å². The summed E-state index contributed by atoms with van der Waals surface area (Å²) in [7, 11) is 0.713. The molecule has 0 aliphatic rings. The monoisotopic (exact) mass is 278 g/mol. The lowest BCUT2D eigenvalue weighted by atomic mass is 10.3. The lowest BCUT2D eigenvalue weighted by Crippen LogP contribution is -2.51. The smallest absolute Gasteiger partial charge is 0.463 e. The highest BCUT2D eigenvalue weighted by Crippen LogP contribution is 2.36. The van der Waals surface area contributed by atoms with Crippen molar-refractivity contribution < 1.29 is 41.4 Å². The number of aliphatic carboxylic acids is 1. The number of nitrogens with zero attached hydrogens (tertiary/aromatic N) is 1. The van der Waals surface area contributed by atoms with Crippen molar-refractivity contribution in [2.24, 2.45) is 0 Å². The molecule has 18 heavy (non-hydrogen) atoms. The van der Waals surface area contributed by atoms with Crippen LogP contribution in [0, 0.1) is 0 Å². The zero-order chi connectivity index (χ0) is 14.6. The SMILES string of the molecule is CN(CCOCC(=O)[O-])C(=O)C(F)(F)C(F)(F)F. The third-order valence-corrected chi connectivity index (χ3v) is 1.76. The van der Waals surface area contributed by atoms with Crippen molar-refractivity contribution in [3.05, 3.63) is 0 Å². The van der Waals surface area contributed by atoms with Gasteiger partial charge in [0, 0.05) is 13.6 Å². The van der Waals surface area contributed by atoms with Gasteiger partial charge >= 0.3 is 18.0 Å².